The third-order valence-electron chi connectivity index (χ3n) is 3.15. The molecule has 104 valence electrons. The summed E-state index contributed by atoms with van der Waals surface area (Å²) in [5.74, 6) is 0. The first-order valence-electron chi connectivity index (χ1n) is 6.34. The van der Waals surface area contributed by atoms with Crippen molar-refractivity contribution in [1.29, 1.82) is 0 Å². The predicted octanol–water partition coefficient (Wildman–Crippen LogP) is 1.48. The molecule has 0 aliphatic carbocycles. The van der Waals surface area contributed by atoms with E-state index in [2.05, 4.69) is 10.2 Å². The quantitative estimate of drug-likeness (QED) is 0.883. The van der Waals surface area contributed by atoms with Gasteiger partial charge in [0.25, 0.3) is 0 Å². The average Bonchev–Trinajstić information content (AvgIpc) is 2.40. The van der Waals surface area contributed by atoms with E-state index >= 15 is 0 Å². The molecule has 5 nitrogen and oxygen atoms in total. The molecule has 1 heterocycles. The van der Waals surface area contributed by atoms with E-state index < -0.39 is 0 Å². The highest BCUT2D eigenvalue weighted by Gasteiger charge is 2.20. The van der Waals surface area contributed by atoms with E-state index in [1.54, 1.807) is 23.1 Å². The van der Waals surface area contributed by atoms with Crippen LogP contribution in [0.2, 0.25) is 5.02 Å². The van der Waals surface area contributed by atoms with Gasteiger partial charge in [0, 0.05) is 43.4 Å². The van der Waals surface area contributed by atoms with Crippen LogP contribution in [0.4, 0.5) is 10.5 Å². The molecule has 0 unspecified atom stereocenters. The molecule has 6 heteroatoms. The lowest BCUT2D eigenvalue weighted by Gasteiger charge is -2.34. The van der Waals surface area contributed by atoms with Gasteiger partial charge in [-0.15, -0.1) is 0 Å². The molecule has 0 bridgehead atoms. The molecular formula is C13H18ClN3O2. The Hall–Kier alpha value is -1.30. The van der Waals surface area contributed by atoms with Gasteiger partial charge in [-0.25, -0.2) is 4.79 Å². The fraction of sp³-hybridized carbons (Fsp3) is 0.462. The van der Waals surface area contributed by atoms with E-state index in [0.29, 0.717) is 30.3 Å². The Morgan fingerprint density at radius 1 is 1.32 bits per heavy atom. The first-order chi connectivity index (χ1) is 9.19. The minimum atomic E-state index is -0.106. The summed E-state index contributed by atoms with van der Waals surface area (Å²) >= 11 is 5.87. The van der Waals surface area contributed by atoms with Crippen molar-refractivity contribution in [2.75, 3.05) is 44.6 Å². The van der Waals surface area contributed by atoms with E-state index in [9.17, 15) is 4.79 Å². The summed E-state index contributed by atoms with van der Waals surface area (Å²) in [7, 11) is 0. The first-order valence-corrected chi connectivity index (χ1v) is 6.71. The number of aliphatic hydroxyl groups excluding tert-OH is 1. The zero-order valence-corrected chi connectivity index (χ0v) is 11.4. The van der Waals surface area contributed by atoms with Crippen LogP contribution < -0.4 is 5.32 Å². The molecular weight excluding hydrogens is 266 g/mol. The molecule has 2 amide bonds. The molecule has 1 aliphatic rings. The number of hydrogen-bond donors (Lipinski definition) is 2. The molecule has 2 N–H and O–H groups in total. The Bertz CT molecular complexity index is 434. The Balaban J connectivity index is 1.84. The van der Waals surface area contributed by atoms with Crippen molar-refractivity contribution in [3.63, 3.8) is 0 Å². The maximum atomic E-state index is 12.0. The molecule has 19 heavy (non-hydrogen) atoms. The average molecular weight is 284 g/mol. The minimum absolute atomic E-state index is 0.106. The van der Waals surface area contributed by atoms with E-state index in [1.807, 2.05) is 6.07 Å². The lowest BCUT2D eigenvalue weighted by atomic mass is 10.3. The topological polar surface area (TPSA) is 55.8 Å². The third kappa shape index (κ3) is 4.09. The zero-order chi connectivity index (χ0) is 13.7. The van der Waals surface area contributed by atoms with Crippen LogP contribution >= 0.6 is 11.6 Å². The van der Waals surface area contributed by atoms with Crippen LogP contribution in [0, 0.1) is 0 Å². The number of β-amino-alcohol motifs (C(OH)–C–C–N with tert-alkyl or cyclic N) is 1. The summed E-state index contributed by atoms with van der Waals surface area (Å²) in [5.41, 5.74) is 0.704. The normalized spacial score (nSPS) is 16.4. The second-order valence-electron chi connectivity index (χ2n) is 4.49. The lowest BCUT2D eigenvalue weighted by molar-refractivity contribution is 0.127. The number of piperazine rings is 1. The molecule has 0 aromatic heterocycles. The number of hydrogen-bond acceptors (Lipinski definition) is 3. The SMILES string of the molecule is O=C(Nc1cccc(Cl)c1)N1CCN(CCO)CC1. The number of aliphatic hydroxyl groups is 1. The molecule has 1 aliphatic heterocycles. The second-order valence-corrected chi connectivity index (χ2v) is 4.93. The summed E-state index contributed by atoms with van der Waals surface area (Å²) < 4.78 is 0. The van der Waals surface area contributed by atoms with Crippen LogP contribution in [0.25, 0.3) is 0 Å². The molecule has 0 saturated carbocycles. The third-order valence-corrected chi connectivity index (χ3v) is 3.39. The maximum absolute atomic E-state index is 12.0. The Morgan fingerprint density at radius 3 is 2.68 bits per heavy atom. The lowest BCUT2D eigenvalue weighted by Crippen LogP contribution is -2.50. The minimum Gasteiger partial charge on any atom is -0.395 e. The number of urea groups is 1. The Morgan fingerprint density at radius 2 is 2.05 bits per heavy atom. The van der Waals surface area contributed by atoms with Gasteiger partial charge >= 0.3 is 6.03 Å². The van der Waals surface area contributed by atoms with E-state index in [-0.39, 0.29) is 12.6 Å². The number of carbonyl (C=O) groups excluding carboxylic acids is 1. The summed E-state index contributed by atoms with van der Waals surface area (Å²) in [4.78, 5) is 16.0. The number of nitrogens with one attached hydrogen (secondary N) is 1. The van der Waals surface area contributed by atoms with Gasteiger partial charge in [-0.3, -0.25) is 4.90 Å². The summed E-state index contributed by atoms with van der Waals surface area (Å²) in [6.07, 6.45) is 0. The number of carbonyl (C=O) groups is 1. The van der Waals surface area contributed by atoms with Gasteiger partial charge in [-0.1, -0.05) is 17.7 Å². The van der Waals surface area contributed by atoms with Crippen LogP contribution in [0.5, 0.6) is 0 Å². The summed E-state index contributed by atoms with van der Waals surface area (Å²) in [6.45, 7) is 3.77. The number of rotatable bonds is 3. The molecule has 2 rings (SSSR count). The van der Waals surface area contributed by atoms with Crippen LogP contribution in [-0.4, -0.2) is 60.3 Å². The van der Waals surface area contributed by atoms with Gasteiger partial charge in [-0.05, 0) is 18.2 Å². The van der Waals surface area contributed by atoms with Crippen molar-refractivity contribution in [3.8, 4) is 0 Å². The molecule has 0 spiro atoms. The van der Waals surface area contributed by atoms with Gasteiger partial charge in [0.05, 0.1) is 6.61 Å². The monoisotopic (exact) mass is 283 g/mol. The van der Waals surface area contributed by atoms with Crippen molar-refractivity contribution in [2.45, 2.75) is 0 Å². The van der Waals surface area contributed by atoms with Crippen LogP contribution in [-0.2, 0) is 0 Å². The number of anilines is 1. The fourth-order valence-electron chi connectivity index (χ4n) is 2.08. The largest absolute Gasteiger partial charge is 0.395 e. The highest BCUT2D eigenvalue weighted by atomic mass is 35.5. The number of nitrogens with zero attached hydrogens (tertiary/aromatic N) is 2. The smallest absolute Gasteiger partial charge is 0.321 e. The Labute approximate surface area is 117 Å². The Kier molecular flexibility index (Phi) is 5.01. The first kappa shape index (κ1) is 14.1. The fourth-order valence-corrected chi connectivity index (χ4v) is 2.28. The number of amides is 2. The van der Waals surface area contributed by atoms with Gasteiger partial charge < -0.3 is 15.3 Å². The van der Waals surface area contributed by atoms with Crippen molar-refractivity contribution >= 4 is 23.3 Å². The molecule has 1 aromatic rings. The molecule has 0 atom stereocenters. The number of benzene rings is 1. The van der Waals surface area contributed by atoms with Gasteiger partial charge in [-0.2, -0.15) is 0 Å². The van der Waals surface area contributed by atoms with Crippen molar-refractivity contribution < 1.29 is 9.90 Å². The van der Waals surface area contributed by atoms with Crippen molar-refractivity contribution in [2.24, 2.45) is 0 Å². The van der Waals surface area contributed by atoms with Gasteiger partial charge in [0.1, 0.15) is 0 Å². The molecule has 1 saturated heterocycles. The van der Waals surface area contributed by atoms with Gasteiger partial charge in [0.15, 0.2) is 0 Å². The van der Waals surface area contributed by atoms with Gasteiger partial charge in [0.2, 0.25) is 0 Å². The van der Waals surface area contributed by atoms with Crippen LogP contribution in [0.3, 0.4) is 0 Å². The highest BCUT2D eigenvalue weighted by molar-refractivity contribution is 6.30. The van der Waals surface area contributed by atoms with Crippen LogP contribution in [0.1, 0.15) is 0 Å². The maximum Gasteiger partial charge on any atom is 0.321 e. The highest BCUT2D eigenvalue weighted by Crippen LogP contribution is 2.15. The zero-order valence-electron chi connectivity index (χ0n) is 10.7. The molecule has 1 aromatic carbocycles. The van der Waals surface area contributed by atoms with E-state index in [0.717, 1.165) is 13.1 Å². The standard InChI is InChI=1S/C13H18ClN3O2/c14-11-2-1-3-12(10-11)15-13(19)17-6-4-16(5-7-17)8-9-18/h1-3,10,18H,4-9H2,(H,15,19). The summed E-state index contributed by atoms with van der Waals surface area (Å²) in [5, 5.41) is 12.3. The van der Waals surface area contributed by atoms with Crippen LogP contribution in [0.15, 0.2) is 24.3 Å². The van der Waals surface area contributed by atoms with E-state index in [1.165, 1.54) is 0 Å². The van der Waals surface area contributed by atoms with Crippen molar-refractivity contribution in [3.05, 3.63) is 29.3 Å². The predicted molar refractivity (Wildman–Crippen MR) is 75.6 cm³/mol. The number of halogens is 1. The second kappa shape index (κ2) is 6.75. The van der Waals surface area contributed by atoms with E-state index in [4.69, 9.17) is 16.7 Å². The molecule has 1 fully saturated rings. The summed E-state index contributed by atoms with van der Waals surface area (Å²) in [6, 6.07) is 7.00. The van der Waals surface area contributed by atoms with Crippen molar-refractivity contribution in [1.82, 2.24) is 9.80 Å². The molecule has 0 radical (unpaired) electrons.